The number of phosphoric acid groups is 1. The van der Waals surface area contributed by atoms with Gasteiger partial charge in [-0.15, -0.1) is 0 Å². The number of halogens is 1. The van der Waals surface area contributed by atoms with Gasteiger partial charge in [0, 0.05) is 25.6 Å². The van der Waals surface area contributed by atoms with E-state index >= 15 is 0 Å². The van der Waals surface area contributed by atoms with Crippen molar-refractivity contribution in [3.05, 3.63) is 95.3 Å². The molecule has 12 heteroatoms. The molecule has 0 unspecified atom stereocenters. The molecule has 3 aromatic carbocycles. The maximum Gasteiger partial charge on any atom is 0.524 e. The standard InChI is InChI=1S/C26H27FN3O7P/c1-17(31)29-22-4-2-3-20(13-22)16-28-26(33)24(30-25(32)15-19-5-9-21(27)10-6-19)14-18-7-11-23(12-8-18)37-38(34,35)36/h2-13,24H,14-16H2,1H3,(H,28,33)(H,29,31)(H,30,32)(H2,34,35,36)/t24-/m0/s1. The Morgan fingerprint density at radius 1 is 0.947 bits per heavy atom. The van der Waals surface area contributed by atoms with Crippen LogP contribution in [-0.4, -0.2) is 33.6 Å². The van der Waals surface area contributed by atoms with Gasteiger partial charge in [-0.2, -0.15) is 0 Å². The van der Waals surface area contributed by atoms with Crippen molar-refractivity contribution in [3.8, 4) is 5.75 Å². The summed E-state index contributed by atoms with van der Waals surface area (Å²) in [4.78, 5) is 55.0. The highest BCUT2D eigenvalue weighted by atomic mass is 31.2. The SMILES string of the molecule is CC(=O)Nc1cccc(CNC(=O)[C@H](Cc2ccc(OP(=O)(O)O)cc2)NC(=O)Cc2ccc(F)cc2)c1. The summed E-state index contributed by atoms with van der Waals surface area (Å²) in [5.74, 6) is -1.64. The van der Waals surface area contributed by atoms with E-state index in [2.05, 4.69) is 20.5 Å². The highest BCUT2D eigenvalue weighted by Crippen LogP contribution is 2.37. The average molecular weight is 543 g/mol. The molecule has 1 atom stereocenters. The lowest BCUT2D eigenvalue weighted by Gasteiger charge is -2.19. The molecular formula is C26H27FN3O7P. The molecule has 0 spiro atoms. The minimum atomic E-state index is -4.72. The van der Waals surface area contributed by atoms with Crippen LogP contribution in [0.3, 0.4) is 0 Å². The van der Waals surface area contributed by atoms with E-state index < -0.39 is 31.5 Å². The molecule has 0 heterocycles. The van der Waals surface area contributed by atoms with Gasteiger partial charge < -0.3 is 20.5 Å². The van der Waals surface area contributed by atoms with Crippen LogP contribution in [0.15, 0.2) is 72.8 Å². The van der Waals surface area contributed by atoms with Crippen LogP contribution in [-0.2, 0) is 38.3 Å². The molecule has 5 N–H and O–H groups in total. The van der Waals surface area contributed by atoms with Crippen LogP contribution >= 0.6 is 7.82 Å². The molecule has 0 radical (unpaired) electrons. The van der Waals surface area contributed by atoms with E-state index in [-0.39, 0.29) is 31.0 Å². The molecule has 3 amide bonds. The molecule has 0 saturated heterocycles. The van der Waals surface area contributed by atoms with Crippen LogP contribution < -0.4 is 20.5 Å². The number of benzene rings is 3. The van der Waals surface area contributed by atoms with Gasteiger partial charge in [-0.1, -0.05) is 36.4 Å². The summed E-state index contributed by atoms with van der Waals surface area (Å²) in [5, 5.41) is 8.14. The zero-order valence-corrected chi connectivity index (χ0v) is 21.3. The molecule has 0 aliphatic rings. The van der Waals surface area contributed by atoms with E-state index in [0.29, 0.717) is 16.8 Å². The van der Waals surface area contributed by atoms with E-state index in [4.69, 9.17) is 9.79 Å². The van der Waals surface area contributed by atoms with E-state index in [9.17, 15) is 23.3 Å². The maximum atomic E-state index is 13.2. The molecule has 3 aromatic rings. The number of phosphoric ester groups is 1. The molecular weight excluding hydrogens is 516 g/mol. The van der Waals surface area contributed by atoms with Crippen molar-refractivity contribution in [1.82, 2.24) is 10.6 Å². The van der Waals surface area contributed by atoms with Crippen LogP contribution in [0.4, 0.5) is 10.1 Å². The maximum absolute atomic E-state index is 13.2. The van der Waals surface area contributed by atoms with Crippen LogP contribution in [0.2, 0.25) is 0 Å². The highest BCUT2D eigenvalue weighted by Gasteiger charge is 2.22. The number of carbonyl (C=O) groups excluding carboxylic acids is 3. The molecule has 0 aromatic heterocycles. The fraction of sp³-hybridized carbons (Fsp3) is 0.192. The first kappa shape index (κ1) is 28.5. The predicted molar refractivity (Wildman–Crippen MR) is 137 cm³/mol. The molecule has 200 valence electrons. The molecule has 0 saturated carbocycles. The van der Waals surface area contributed by atoms with Crippen LogP contribution in [0, 0.1) is 5.82 Å². The quantitative estimate of drug-likeness (QED) is 0.233. The third-order valence-corrected chi connectivity index (χ3v) is 5.68. The van der Waals surface area contributed by atoms with Gasteiger partial charge in [0.1, 0.15) is 17.6 Å². The largest absolute Gasteiger partial charge is 0.524 e. The summed E-state index contributed by atoms with van der Waals surface area (Å²) >= 11 is 0. The second kappa shape index (κ2) is 13.0. The Kier molecular flexibility index (Phi) is 9.72. The number of nitrogens with one attached hydrogen (secondary N) is 3. The Hall–Kier alpha value is -4.05. The first-order valence-electron chi connectivity index (χ1n) is 11.5. The third-order valence-electron chi connectivity index (χ3n) is 5.23. The van der Waals surface area contributed by atoms with Gasteiger partial charge in [0.05, 0.1) is 6.42 Å². The second-order valence-corrected chi connectivity index (χ2v) is 9.62. The molecule has 0 aliphatic carbocycles. The first-order valence-corrected chi connectivity index (χ1v) is 13.0. The second-order valence-electron chi connectivity index (χ2n) is 8.45. The van der Waals surface area contributed by atoms with Crippen LogP contribution in [0.5, 0.6) is 5.75 Å². The molecule has 3 rings (SSSR count). The topological polar surface area (TPSA) is 154 Å². The van der Waals surface area contributed by atoms with Gasteiger partial charge in [-0.3, -0.25) is 24.2 Å². The van der Waals surface area contributed by atoms with Crippen molar-refractivity contribution in [2.75, 3.05) is 5.32 Å². The summed E-state index contributed by atoms with van der Waals surface area (Å²) in [5.41, 5.74) is 2.46. The first-order chi connectivity index (χ1) is 18.0. The van der Waals surface area contributed by atoms with Crippen molar-refractivity contribution in [1.29, 1.82) is 0 Å². The fourth-order valence-electron chi connectivity index (χ4n) is 3.58. The molecule has 0 aliphatic heterocycles. The van der Waals surface area contributed by atoms with Gasteiger partial charge in [-0.25, -0.2) is 8.96 Å². The predicted octanol–water partition coefficient (Wildman–Crippen LogP) is 2.84. The minimum Gasteiger partial charge on any atom is -0.404 e. The van der Waals surface area contributed by atoms with Crippen LogP contribution in [0.1, 0.15) is 23.6 Å². The van der Waals surface area contributed by atoms with Crippen molar-refractivity contribution in [3.63, 3.8) is 0 Å². The zero-order chi connectivity index (χ0) is 27.7. The molecule has 38 heavy (non-hydrogen) atoms. The smallest absolute Gasteiger partial charge is 0.404 e. The van der Waals surface area contributed by atoms with E-state index in [1.165, 1.54) is 55.5 Å². The van der Waals surface area contributed by atoms with Crippen LogP contribution in [0.25, 0.3) is 0 Å². The van der Waals surface area contributed by atoms with Crippen molar-refractivity contribution in [2.24, 2.45) is 0 Å². The van der Waals surface area contributed by atoms with E-state index in [1.807, 2.05) is 0 Å². The molecule has 0 bridgehead atoms. The van der Waals surface area contributed by atoms with Crippen molar-refractivity contribution >= 4 is 31.2 Å². The van der Waals surface area contributed by atoms with Gasteiger partial charge in [0.15, 0.2) is 0 Å². The van der Waals surface area contributed by atoms with E-state index in [1.54, 1.807) is 24.3 Å². The summed E-state index contributed by atoms with van der Waals surface area (Å²) in [6.07, 6.45) is 0.000990. The fourth-order valence-corrected chi connectivity index (χ4v) is 3.97. The lowest BCUT2D eigenvalue weighted by atomic mass is 10.0. The van der Waals surface area contributed by atoms with Crippen molar-refractivity contribution in [2.45, 2.75) is 32.4 Å². The lowest BCUT2D eigenvalue weighted by Crippen LogP contribution is -2.48. The van der Waals surface area contributed by atoms with Gasteiger partial charge in [-0.05, 0) is 53.1 Å². The monoisotopic (exact) mass is 543 g/mol. The highest BCUT2D eigenvalue weighted by molar-refractivity contribution is 7.46. The minimum absolute atomic E-state index is 0.0533. The summed E-state index contributed by atoms with van der Waals surface area (Å²) in [6.45, 7) is 1.52. The Bertz CT molecular complexity index is 1330. The lowest BCUT2D eigenvalue weighted by molar-refractivity contribution is -0.128. The van der Waals surface area contributed by atoms with Crippen molar-refractivity contribution < 1.29 is 37.6 Å². The Labute approximate surface area is 218 Å². The number of hydrogen-bond acceptors (Lipinski definition) is 5. The van der Waals surface area contributed by atoms with Gasteiger partial charge in [0.2, 0.25) is 17.7 Å². The molecule has 0 fully saturated rings. The summed E-state index contributed by atoms with van der Waals surface area (Å²) in [6, 6.07) is 17.1. The number of carbonyl (C=O) groups is 3. The Morgan fingerprint density at radius 2 is 1.61 bits per heavy atom. The third kappa shape index (κ3) is 9.78. The number of hydrogen-bond donors (Lipinski definition) is 5. The Balaban J connectivity index is 1.71. The number of amides is 3. The Morgan fingerprint density at radius 3 is 2.24 bits per heavy atom. The summed E-state index contributed by atoms with van der Waals surface area (Å²) < 4.78 is 28.8. The normalized spacial score (nSPS) is 11.8. The van der Waals surface area contributed by atoms with E-state index in [0.717, 1.165) is 5.56 Å². The van der Waals surface area contributed by atoms with Gasteiger partial charge in [0.25, 0.3) is 0 Å². The number of anilines is 1. The van der Waals surface area contributed by atoms with Gasteiger partial charge >= 0.3 is 7.82 Å². The zero-order valence-electron chi connectivity index (χ0n) is 20.4. The molecule has 10 nitrogen and oxygen atoms in total. The average Bonchev–Trinajstić information content (AvgIpc) is 2.83. The summed E-state index contributed by atoms with van der Waals surface area (Å²) in [7, 11) is -4.72. The number of rotatable bonds is 11.